The molecule has 4 rings (SSSR count). The second-order valence-corrected chi connectivity index (χ2v) is 6.52. The summed E-state index contributed by atoms with van der Waals surface area (Å²) in [5, 5.41) is 13.0. The highest BCUT2D eigenvalue weighted by Crippen LogP contribution is 2.31. The van der Waals surface area contributed by atoms with Crippen molar-refractivity contribution in [1.82, 2.24) is 20.4 Å². The van der Waals surface area contributed by atoms with Gasteiger partial charge in [-0.05, 0) is 62.5 Å². The normalized spacial score (nSPS) is 20.7. The number of aryl methyl sites for hydroxylation is 1. The van der Waals surface area contributed by atoms with Gasteiger partial charge in [0, 0.05) is 19.0 Å². The maximum Gasteiger partial charge on any atom is 0.159 e. The molecule has 2 aromatic rings. The molecule has 2 saturated heterocycles. The van der Waals surface area contributed by atoms with Crippen molar-refractivity contribution in [3.63, 3.8) is 0 Å². The predicted octanol–water partition coefficient (Wildman–Crippen LogP) is 1.80. The minimum Gasteiger partial charge on any atom is -0.342 e. The Morgan fingerprint density at radius 1 is 1.14 bits per heavy atom. The van der Waals surface area contributed by atoms with E-state index in [-0.39, 0.29) is 0 Å². The van der Waals surface area contributed by atoms with Gasteiger partial charge in [-0.15, -0.1) is 0 Å². The fraction of sp³-hybridized carbons (Fsp3) is 0.588. The van der Waals surface area contributed by atoms with Gasteiger partial charge in [0.25, 0.3) is 0 Å². The van der Waals surface area contributed by atoms with Crippen LogP contribution in [0.4, 0.5) is 5.82 Å². The first-order chi connectivity index (χ1) is 10.8. The molecule has 1 aromatic heterocycles. The van der Waals surface area contributed by atoms with Crippen molar-refractivity contribution < 1.29 is 0 Å². The highest BCUT2D eigenvalue weighted by Gasteiger charge is 2.20. The van der Waals surface area contributed by atoms with E-state index in [2.05, 4.69) is 40.8 Å². The summed E-state index contributed by atoms with van der Waals surface area (Å²) in [4.78, 5) is 2.36. The van der Waals surface area contributed by atoms with Gasteiger partial charge in [0.15, 0.2) is 5.82 Å². The third-order valence-corrected chi connectivity index (χ3v) is 5.05. The molecule has 2 aliphatic heterocycles. The molecule has 0 bridgehead atoms. The Balaban J connectivity index is 1.69. The van der Waals surface area contributed by atoms with Crippen molar-refractivity contribution in [3.8, 4) is 0 Å². The fourth-order valence-corrected chi connectivity index (χ4v) is 3.77. The van der Waals surface area contributed by atoms with Gasteiger partial charge in [-0.1, -0.05) is 6.07 Å². The molecule has 0 spiro atoms. The fourth-order valence-electron chi connectivity index (χ4n) is 3.77. The first-order valence-corrected chi connectivity index (χ1v) is 8.46. The van der Waals surface area contributed by atoms with Crippen molar-refractivity contribution in [2.75, 3.05) is 37.7 Å². The highest BCUT2D eigenvalue weighted by atomic mass is 15.4. The summed E-state index contributed by atoms with van der Waals surface area (Å²) < 4.78 is 2.05. The number of piperidine rings is 1. The van der Waals surface area contributed by atoms with E-state index >= 15 is 0 Å². The predicted molar refractivity (Wildman–Crippen MR) is 90.4 cm³/mol. The van der Waals surface area contributed by atoms with Gasteiger partial charge >= 0.3 is 0 Å². The molecule has 0 aliphatic carbocycles. The molecule has 22 heavy (non-hydrogen) atoms. The Morgan fingerprint density at radius 3 is 2.77 bits per heavy atom. The number of nitrogens with zero attached hydrogens (tertiary/aromatic N) is 3. The number of nitrogens with one attached hydrogen (secondary N) is 2. The van der Waals surface area contributed by atoms with Crippen LogP contribution >= 0.6 is 0 Å². The van der Waals surface area contributed by atoms with E-state index in [1.165, 1.54) is 35.7 Å². The minimum absolute atomic E-state index is 0.695. The summed E-state index contributed by atoms with van der Waals surface area (Å²) >= 11 is 0. The van der Waals surface area contributed by atoms with Crippen LogP contribution in [-0.4, -0.2) is 42.6 Å². The molecule has 5 heteroatoms. The number of hydrogen-bond acceptors (Lipinski definition) is 4. The van der Waals surface area contributed by atoms with E-state index in [9.17, 15) is 0 Å². The first kappa shape index (κ1) is 14.0. The largest absolute Gasteiger partial charge is 0.342 e. The van der Waals surface area contributed by atoms with Crippen LogP contribution in [0.15, 0.2) is 18.2 Å². The maximum atomic E-state index is 4.79. The average Bonchev–Trinajstić information content (AvgIpc) is 2.93. The Morgan fingerprint density at radius 2 is 2.00 bits per heavy atom. The number of hydrogen-bond donors (Lipinski definition) is 2. The lowest BCUT2D eigenvalue weighted by molar-refractivity contribution is 0.460. The molecule has 0 amide bonds. The maximum absolute atomic E-state index is 4.79. The summed E-state index contributed by atoms with van der Waals surface area (Å²) in [5.74, 6) is 1.82. The molecule has 2 fully saturated rings. The molecule has 5 nitrogen and oxygen atoms in total. The van der Waals surface area contributed by atoms with Gasteiger partial charge in [-0.25, -0.2) is 0 Å². The molecule has 0 atom stereocenters. The molecule has 2 aliphatic rings. The molecule has 0 radical (unpaired) electrons. The van der Waals surface area contributed by atoms with Crippen LogP contribution in [0.25, 0.3) is 10.9 Å². The minimum atomic E-state index is 0.695. The Bertz CT molecular complexity index is 650. The van der Waals surface area contributed by atoms with E-state index in [1.54, 1.807) is 0 Å². The van der Waals surface area contributed by atoms with Gasteiger partial charge in [0.2, 0.25) is 0 Å². The van der Waals surface area contributed by atoms with E-state index in [4.69, 9.17) is 5.10 Å². The number of benzene rings is 1. The summed E-state index contributed by atoms with van der Waals surface area (Å²) in [6.07, 6.45) is 3.67. The quantitative estimate of drug-likeness (QED) is 0.887. The molecule has 3 heterocycles. The summed E-state index contributed by atoms with van der Waals surface area (Å²) in [6, 6.07) is 6.96. The average molecular weight is 299 g/mol. The zero-order valence-corrected chi connectivity index (χ0v) is 13.3. The highest BCUT2D eigenvalue weighted by molar-refractivity contribution is 5.91. The Kier molecular flexibility index (Phi) is 3.76. The van der Waals surface area contributed by atoms with Crippen LogP contribution in [0.2, 0.25) is 0 Å². The van der Waals surface area contributed by atoms with Crippen molar-refractivity contribution >= 4 is 16.7 Å². The second-order valence-electron chi connectivity index (χ2n) is 6.52. The Labute approximate surface area is 131 Å². The topological polar surface area (TPSA) is 45.1 Å². The van der Waals surface area contributed by atoms with Crippen LogP contribution in [0.3, 0.4) is 0 Å². The molecule has 0 unspecified atom stereocenters. The number of rotatable bonds is 2. The van der Waals surface area contributed by atoms with E-state index in [0.717, 1.165) is 38.7 Å². The monoisotopic (exact) mass is 299 g/mol. The zero-order valence-electron chi connectivity index (χ0n) is 13.3. The molecule has 0 saturated carbocycles. The van der Waals surface area contributed by atoms with Gasteiger partial charge in [0.1, 0.15) is 0 Å². The van der Waals surface area contributed by atoms with Crippen molar-refractivity contribution in [2.45, 2.75) is 25.2 Å². The lowest BCUT2D eigenvalue weighted by atomic mass is 9.90. The van der Waals surface area contributed by atoms with Gasteiger partial charge < -0.3 is 10.2 Å². The Hall–Kier alpha value is -1.59. The van der Waals surface area contributed by atoms with Crippen molar-refractivity contribution in [3.05, 3.63) is 23.8 Å². The van der Waals surface area contributed by atoms with E-state index in [0.29, 0.717) is 5.92 Å². The lowest BCUT2D eigenvalue weighted by Crippen LogP contribution is -2.41. The third-order valence-electron chi connectivity index (χ3n) is 5.05. The lowest BCUT2D eigenvalue weighted by Gasteiger charge is -2.27. The van der Waals surface area contributed by atoms with Crippen LogP contribution in [0.5, 0.6) is 0 Å². The van der Waals surface area contributed by atoms with Crippen molar-refractivity contribution in [2.24, 2.45) is 7.05 Å². The molecular weight excluding hydrogens is 274 g/mol. The number of aromatic nitrogens is 2. The summed E-state index contributed by atoms with van der Waals surface area (Å²) in [6.45, 7) is 5.38. The van der Waals surface area contributed by atoms with Crippen LogP contribution in [-0.2, 0) is 7.05 Å². The molecule has 1 aromatic carbocycles. The van der Waals surface area contributed by atoms with Gasteiger partial charge in [0.05, 0.1) is 12.2 Å². The van der Waals surface area contributed by atoms with Gasteiger partial charge in [-0.3, -0.25) is 10.00 Å². The van der Waals surface area contributed by atoms with Gasteiger partial charge in [-0.2, -0.15) is 5.10 Å². The van der Waals surface area contributed by atoms with Crippen molar-refractivity contribution in [1.29, 1.82) is 0 Å². The van der Waals surface area contributed by atoms with E-state index in [1.807, 2.05) is 4.68 Å². The summed E-state index contributed by atoms with van der Waals surface area (Å²) in [7, 11) is 2.06. The standard InChI is InChI=1S/C17H25N5/c1-21-16-11-14(13-5-8-18-9-6-13)3-4-15(16)17(20-21)22-10-2-7-19-12-22/h3-4,11,13,18-19H,2,5-10,12H2,1H3. The van der Waals surface area contributed by atoms with E-state index < -0.39 is 0 Å². The third kappa shape index (κ3) is 2.48. The second kappa shape index (κ2) is 5.89. The smallest absolute Gasteiger partial charge is 0.159 e. The molecule has 118 valence electrons. The first-order valence-electron chi connectivity index (χ1n) is 8.46. The molecular formula is C17H25N5. The van der Waals surface area contributed by atoms with Crippen LogP contribution < -0.4 is 15.5 Å². The van der Waals surface area contributed by atoms with Crippen LogP contribution in [0.1, 0.15) is 30.7 Å². The summed E-state index contributed by atoms with van der Waals surface area (Å²) in [5.41, 5.74) is 2.73. The molecule has 2 N–H and O–H groups in total. The number of anilines is 1. The number of fused-ring (bicyclic) bond motifs is 1. The zero-order chi connectivity index (χ0) is 14.9. The van der Waals surface area contributed by atoms with Crippen LogP contribution in [0, 0.1) is 0 Å². The SMILES string of the molecule is Cn1nc(N2CCCNC2)c2ccc(C3CCNCC3)cc21.